The first-order valence-corrected chi connectivity index (χ1v) is 13.9. The van der Waals surface area contributed by atoms with Gasteiger partial charge in [0.2, 0.25) is 5.91 Å². The molecule has 1 aliphatic heterocycles. The maximum atomic E-state index is 12.6. The summed E-state index contributed by atoms with van der Waals surface area (Å²) in [6.45, 7) is 15.0. The molecule has 0 bridgehead atoms. The summed E-state index contributed by atoms with van der Waals surface area (Å²) in [4.78, 5) is 14.7. The van der Waals surface area contributed by atoms with Crippen LogP contribution in [0.25, 0.3) is 0 Å². The maximum absolute atomic E-state index is 12.6. The van der Waals surface area contributed by atoms with Crippen LogP contribution >= 0.6 is 0 Å². The number of carbonyl (C=O) groups excluding carboxylic acids is 1. The maximum Gasteiger partial charge on any atom is 0.222 e. The minimum atomic E-state index is 0.349. The number of piperidine rings is 1. The molecule has 1 amide bonds. The van der Waals surface area contributed by atoms with E-state index < -0.39 is 0 Å². The highest BCUT2D eigenvalue weighted by molar-refractivity contribution is 5.77. The molecule has 0 N–H and O–H groups in total. The zero-order valence-corrected chi connectivity index (χ0v) is 21.8. The van der Waals surface area contributed by atoms with Crippen LogP contribution in [-0.4, -0.2) is 23.9 Å². The van der Waals surface area contributed by atoms with E-state index in [4.69, 9.17) is 0 Å². The summed E-state index contributed by atoms with van der Waals surface area (Å²) < 4.78 is 0. The lowest BCUT2D eigenvalue weighted by Gasteiger charge is -2.64. The number of fused-ring (bicyclic) bond motifs is 5. The van der Waals surface area contributed by atoms with Gasteiger partial charge in [0.1, 0.15) is 0 Å². The summed E-state index contributed by atoms with van der Waals surface area (Å²) in [6, 6.07) is 0.483. The van der Waals surface area contributed by atoms with E-state index in [2.05, 4.69) is 53.5 Å². The number of amides is 1. The first kappa shape index (κ1) is 23.6. The molecule has 2 heteroatoms. The van der Waals surface area contributed by atoms with Crippen molar-refractivity contribution in [3.8, 4) is 0 Å². The van der Waals surface area contributed by atoms with E-state index in [0.717, 1.165) is 54.3 Å². The van der Waals surface area contributed by atoms with E-state index in [1.54, 1.807) is 0 Å². The molecule has 0 aromatic rings. The smallest absolute Gasteiger partial charge is 0.222 e. The SMILES string of the molecule is CC[C@H]1C[C@H]2N(C)C(=O)CC[C@]2(C)[C@H]2CC[C@]3(C)[C@@H]([C@H](C)CCCC(C)C)CC[C@H]3[C@H]12. The Kier molecular flexibility index (Phi) is 6.61. The fraction of sp³-hybridized carbons (Fsp3) is 0.966. The van der Waals surface area contributed by atoms with Crippen LogP contribution in [0.1, 0.15) is 112 Å². The Morgan fingerprint density at radius 3 is 2.39 bits per heavy atom. The predicted octanol–water partition coefficient (Wildman–Crippen LogP) is 7.56. The number of hydrogen-bond donors (Lipinski definition) is 0. The Morgan fingerprint density at radius 1 is 1.00 bits per heavy atom. The number of hydrogen-bond acceptors (Lipinski definition) is 1. The molecule has 4 aliphatic rings. The van der Waals surface area contributed by atoms with Gasteiger partial charge in [-0.2, -0.15) is 0 Å². The summed E-state index contributed by atoms with van der Waals surface area (Å²) in [6.07, 6.45) is 14.5. The summed E-state index contributed by atoms with van der Waals surface area (Å²) >= 11 is 0. The van der Waals surface area contributed by atoms with Crippen molar-refractivity contribution in [2.45, 2.75) is 118 Å². The van der Waals surface area contributed by atoms with Gasteiger partial charge < -0.3 is 4.90 Å². The quantitative estimate of drug-likeness (QED) is 0.426. The molecule has 0 spiro atoms. The average Bonchev–Trinajstić information content (AvgIpc) is 3.08. The largest absolute Gasteiger partial charge is 0.342 e. The molecule has 0 unspecified atom stereocenters. The third kappa shape index (κ3) is 3.80. The lowest BCUT2D eigenvalue weighted by Crippen LogP contribution is -2.63. The van der Waals surface area contributed by atoms with Crippen LogP contribution in [-0.2, 0) is 4.79 Å². The van der Waals surface area contributed by atoms with Gasteiger partial charge in [-0.1, -0.05) is 67.2 Å². The topological polar surface area (TPSA) is 20.3 Å². The van der Waals surface area contributed by atoms with Crippen molar-refractivity contribution in [1.82, 2.24) is 4.90 Å². The van der Waals surface area contributed by atoms with Gasteiger partial charge in [0.15, 0.2) is 0 Å². The van der Waals surface area contributed by atoms with Gasteiger partial charge in [-0.3, -0.25) is 4.79 Å². The van der Waals surface area contributed by atoms with Crippen LogP contribution in [0, 0.1) is 52.3 Å². The molecule has 31 heavy (non-hydrogen) atoms. The molecule has 1 saturated heterocycles. The molecule has 0 aromatic heterocycles. The molecule has 1 heterocycles. The van der Waals surface area contributed by atoms with E-state index in [9.17, 15) is 4.79 Å². The first-order valence-electron chi connectivity index (χ1n) is 13.9. The highest BCUT2D eigenvalue weighted by Crippen LogP contribution is 2.68. The molecule has 4 fully saturated rings. The number of nitrogens with zero attached hydrogens (tertiary/aromatic N) is 1. The van der Waals surface area contributed by atoms with E-state index in [0.29, 0.717) is 22.8 Å². The van der Waals surface area contributed by atoms with Crippen LogP contribution in [0.4, 0.5) is 0 Å². The van der Waals surface area contributed by atoms with E-state index >= 15 is 0 Å². The third-order valence-corrected chi connectivity index (χ3v) is 11.5. The second-order valence-electron chi connectivity index (χ2n) is 13.3. The van der Waals surface area contributed by atoms with Crippen LogP contribution in [0.5, 0.6) is 0 Å². The number of likely N-dealkylation sites (tertiary alicyclic amines) is 1. The molecule has 0 aromatic carbocycles. The second-order valence-corrected chi connectivity index (χ2v) is 13.3. The highest BCUT2D eigenvalue weighted by atomic mass is 16.2. The zero-order chi connectivity index (χ0) is 22.6. The van der Waals surface area contributed by atoms with E-state index in [1.807, 2.05) is 0 Å². The summed E-state index contributed by atoms with van der Waals surface area (Å²) in [5.41, 5.74) is 0.909. The fourth-order valence-corrected chi connectivity index (χ4v) is 9.72. The molecule has 3 saturated carbocycles. The average molecular weight is 430 g/mol. The van der Waals surface area contributed by atoms with Gasteiger partial charge in [-0.15, -0.1) is 0 Å². The zero-order valence-electron chi connectivity index (χ0n) is 21.8. The first-order chi connectivity index (χ1) is 14.6. The normalized spacial score (nSPS) is 45.9. The van der Waals surface area contributed by atoms with Gasteiger partial charge in [0.25, 0.3) is 0 Å². The Morgan fingerprint density at radius 2 is 1.71 bits per heavy atom. The van der Waals surface area contributed by atoms with Gasteiger partial charge in [-0.25, -0.2) is 0 Å². The van der Waals surface area contributed by atoms with Crippen molar-refractivity contribution in [3.63, 3.8) is 0 Å². The van der Waals surface area contributed by atoms with Gasteiger partial charge in [0, 0.05) is 19.5 Å². The molecule has 2 nitrogen and oxygen atoms in total. The molecule has 178 valence electrons. The van der Waals surface area contributed by atoms with Gasteiger partial charge in [-0.05, 0) is 90.8 Å². The molecule has 3 aliphatic carbocycles. The minimum absolute atomic E-state index is 0.349. The Bertz CT molecular complexity index is 657. The van der Waals surface area contributed by atoms with Crippen LogP contribution in [0.3, 0.4) is 0 Å². The molecule has 4 rings (SSSR count). The summed E-state index contributed by atoms with van der Waals surface area (Å²) in [5.74, 6) is 6.54. The Balaban J connectivity index is 1.56. The van der Waals surface area contributed by atoms with Crippen molar-refractivity contribution < 1.29 is 4.79 Å². The number of carbonyl (C=O) groups is 1. The van der Waals surface area contributed by atoms with Crippen molar-refractivity contribution >= 4 is 5.91 Å². The van der Waals surface area contributed by atoms with Crippen molar-refractivity contribution in [2.24, 2.45) is 52.3 Å². The summed E-state index contributed by atoms with van der Waals surface area (Å²) in [7, 11) is 2.11. The number of rotatable bonds is 6. The Hall–Kier alpha value is -0.530. The van der Waals surface area contributed by atoms with Gasteiger partial charge in [0.05, 0.1) is 0 Å². The third-order valence-electron chi connectivity index (χ3n) is 11.5. The monoisotopic (exact) mass is 429 g/mol. The van der Waals surface area contributed by atoms with E-state index in [-0.39, 0.29) is 0 Å². The highest BCUT2D eigenvalue weighted by Gasteiger charge is 2.63. The van der Waals surface area contributed by atoms with Crippen molar-refractivity contribution in [2.75, 3.05) is 7.05 Å². The summed E-state index contributed by atoms with van der Waals surface area (Å²) in [5, 5.41) is 0. The van der Waals surface area contributed by atoms with Crippen molar-refractivity contribution in [3.05, 3.63) is 0 Å². The van der Waals surface area contributed by atoms with Crippen LogP contribution in [0.2, 0.25) is 0 Å². The molecule has 0 radical (unpaired) electrons. The fourth-order valence-electron chi connectivity index (χ4n) is 9.72. The molecule has 9 atom stereocenters. The lowest BCUT2D eigenvalue weighted by molar-refractivity contribution is -0.169. The minimum Gasteiger partial charge on any atom is -0.342 e. The molecular weight excluding hydrogens is 378 g/mol. The van der Waals surface area contributed by atoms with Crippen LogP contribution < -0.4 is 0 Å². The predicted molar refractivity (Wildman–Crippen MR) is 131 cm³/mol. The van der Waals surface area contributed by atoms with Crippen LogP contribution in [0.15, 0.2) is 0 Å². The molecular formula is C29H51NO. The van der Waals surface area contributed by atoms with Gasteiger partial charge >= 0.3 is 0 Å². The Labute approximate surface area is 193 Å². The standard InChI is InChI=1S/C29H51NO/c1-8-21-18-25-29(6,17-15-26(31)30(25)7)24-14-16-28(5)22(12-13-23(28)27(21)24)20(4)11-9-10-19(2)3/h19-25,27H,8-18H2,1-7H3/t20-,21+,22-,23+,24+,25-,27+,28-,29-/m1/s1. The van der Waals surface area contributed by atoms with Crippen molar-refractivity contribution in [1.29, 1.82) is 0 Å². The van der Waals surface area contributed by atoms with E-state index in [1.165, 1.54) is 57.8 Å². The second kappa shape index (κ2) is 8.68. The lowest BCUT2D eigenvalue weighted by atomic mass is 9.44.